The molecule has 0 atom stereocenters. The molecule has 7 rings (SSSR count). The molecule has 8 nitrogen and oxygen atoms in total. The fourth-order valence-corrected chi connectivity index (χ4v) is 5.75. The Labute approximate surface area is 182 Å². The molecular weight excluding hydrogens is 390 g/mol. The second kappa shape index (κ2) is 6.53. The van der Waals surface area contributed by atoms with Crippen molar-refractivity contribution >= 4 is 16.7 Å². The molecule has 0 radical (unpaired) electrons. The van der Waals surface area contributed by atoms with Crippen LogP contribution in [-0.2, 0) is 31.3 Å². The Bertz CT molecular complexity index is 1150. The molecule has 31 heavy (non-hydrogen) atoms. The summed E-state index contributed by atoms with van der Waals surface area (Å²) in [6.07, 6.45) is 7.12. The second-order valence-corrected chi connectivity index (χ2v) is 9.96. The average molecular weight is 422 g/mol. The van der Waals surface area contributed by atoms with Crippen molar-refractivity contribution in [1.29, 1.82) is 0 Å². The van der Waals surface area contributed by atoms with Crippen LogP contribution in [0.3, 0.4) is 0 Å². The highest BCUT2D eigenvalue weighted by molar-refractivity contribution is 5.89. The van der Waals surface area contributed by atoms with E-state index in [0.717, 1.165) is 74.2 Å². The Morgan fingerprint density at radius 1 is 1.19 bits per heavy atom. The largest absolute Gasteiger partial charge is 0.371 e. The third-order valence-corrected chi connectivity index (χ3v) is 7.75. The lowest BCUT2D eigenvalue weighted by Crippen LogP contribution is -2.60. The van der Waals surface area contributed by atoms with Crippen LogP contribution >= 0.6 is 0 Å². The van der Waals surface area contributed by atoms with Gasteiger partial charge in [0, 0.05) is 49.0 Å². The number of hydrogen-bond donors (Lipinski definition) is 1. The zero-order chi connectivity index (χ0) is 21.4. The Kier molecular flexibility index (Phi) is 4.05. The Morgan fingerprint density at radius 3 is 2.74 bits per heavy atom. The van der Waals surface area contributed by atoms with E-state index in [-0.39, 0.29) is 11.1 Å². The summed E-state index contributed by atoms with van der Waals surface area (Å²) in [5, 5.41) is 10.5. The van der Waals surface area contributed by atoms with E-state index in [1.165, 1.54) is 16.9 Å². The zero-order valence-corrected chi connectivity index (χ0v) is 18.7. The molecule has 3 aromatic heterocycles. The number of anilines is 1. The van der Waals surface area contributed by atoms with Crippen LogP contribution in [0.15, 0.2) is 12.3 Å². The fourth-order valence-electron chi connectivity index (χ4n) is 5.75. The minimum Gasteiger partial charge on any atom is -0.371 e. The van der Waals surface area contributed by atoms with Gasteiger partial charge in [0.25, 0.3) is 0 Å². The van der Waals surface area contributed by atoms with Crippen molar-refractivity contribution in [2.75, 3.05) is 18.1 Å². The summed E-state index contributed by atoms with van der Waals surface area (Å²) >= 11 is 0. The molecule has 1 aliphatic carbocycles. The molecule has 6 heterocycles. The molecule has 0 amide bonds. The SMILES string of the molecule is Cc1cc(N2CCc3c(c(C)nn3CC34CCC(N)(CC3)CO4)C2)c2cnn(C)c2n1. The minimum absolute atomic E-state index is 0.0887. The van der Waals surface area contributed by atoms with Crippen molar-refractivity contribution < 1.29 is 4.74 Å². The van der Waals surface area contributed by atoms with Gasteiger partial charge in [0.15, 0.2) is 5.65 Å². The molecule has 2 N–H and O–H groups in total. The summed E-state index contributed by atoms with van der Waals surface area (Å²) in [6, 6.07) is 2.19. The van der Waals surface area contributed by atoms with Crippen molar-refractivity contribution in [2.45, 2.75) is 70.2 Å². The van der Waals surface area contributed by atoms with E-state index in [1.54, 1.807) is 0 Å². The molecule has 2 saturated heterocycles. The van der Waals surface area contributed by atoms with E-state index >= 15 is 0 Å². The standard InChI is InChI=1S/C23H31N7O/c1-15-10-20(17-11-25-28(3)21(17)26-15)29-9-4-19-18(12-29)16(2)27-30(19)13-23-7-5-22(24,6-8-23)14-31-23/h10-11H,4-9,12-14,24H2,1-3H3. The van der Waals surface area contributed by atoms with Gasteiger partial charge < -0.3 is 15.4 Å². The van der Waals surface area contributed by atoms with Crippen molar-refractivity contribution in [3.05, 3.63) is 34.9 Å². The number of hydrogen-bond acceptors (Lipinski definition) is 6. The smallest absolute Gasteiger partial charge is 0.159 e. The number of rotatable bonds is 3. The van der Waals surface area contributed by atoms with E-state index in [9.17, 15) is 0 Å². The highest BCUT2D eigenvalue weighted by Gasteiger charge is 2.48. The van der Waals surface area contributed by atoms with Crippen LogP contribution in [0.1, 0.15) is 48.3 Å². The monoisotopic (exact) mass is 421 g/mol. The predicted molar refractivity (Wildman–Crippen MR) is 119 cm³/mol. The number of nitrogens with two attached hydrogens (primary N) is 1. The molecule has 0 unspecified atom stereocenters. The van der Waals surface area contributed by atoms with E-state index < -0.39 is 0 Å². The minimum atomic E-state index is -0.0952. The summed E-state index contributed by atoms with van der Waals surface area (Å²) in [5.74, 6) is 0. The fraction of sp³-hybridized carbons (Fsp3) is 0.609. The number of nitrogens with zero attached hydrogens (tertiary/aromatic N) is 6. The number of pyridine rings is 1. The lowest BCUT2D eigenvalue weighted by Gasteiger charge is -2.51. The van der Waals surface area contributed by atoms with Crippen molar-refractivity contribution in [2.24, 2.45) is 12.8 Å². The van der Waals surface area contributed by atoms with Gasteiger partial charge in [-0.25, -0.2) is 4.98 Å². The number of aromatic nitrogens is 5. The van der Waals surface area contributed by atoms with Gasteiger partial charge in [-0.3, -0.25) is 9.36 Å². The van der Waals surface area contributed by atoms with Gasteiger partial charge in [0.2, 0.25) is 0 Å². The molecule has 3 aromatic rings. The quantitative estimate of drug-likeness (QED) is 0.699. The first kappa shape index (κ1) is 19.3. The van der Waals surface area contributed by atoms with Crippen molar-refractivity contribution in [3.8, 4) is 0 Å². The normalized spacial score (nSPS) is 27.8. The third-order valence-electron chi connectivity index (χ3n) is 7.75. The van der Waals surface area contributed by atoms with Crippen LogP contribution in [0.2, 0.25) is 0 Å². The van der Waals surface area contributed by atoms with Crippen LogP contribution in [0.5, 0.6) is 0 Å². The molecule has 0 aromatic carbocycles. The van der Waals surface area contributed by atoms with E-state index in [1.807, 2.05) is 17.9 Å². The predicted octanol–water partition coefficient (Wildman–Crippen LogP) is 2.38. The van der Waals surface area contributed by atoms with Gasteiger partial charge in [-0.05, 0) is 45.6 Å². The maximum atomic E-state index is 6.42. The van der Waals surface area contributed by atoms with Crippen LogP contribution in [-0.4, -0.2) is 48.8 Å². The second-order valence-electron chi connectivity index (χ2n) is 9.96. The summed E-state index contributed by atoms with van der Waals surface area (Å²) in [7, 11) is 1.95. The van der Waals surface area contributed by atoms with Crippen molar-refractivity contribution in [1.82, 2.24) is 24.5 Å². The Morgan fingerprint density at radius 2 is 2.00 bits per heavy atom. The number of ether oxygens (including phenoxy) is 1. The first-order valence-electron chi connectivity index (χ1n) is 11.4. The molecule has 3 aliphatic heterocycles. The summed E-state index contributed by atoms with van der Waals surface area (Å²) in [6.45, 7) is 7.56. The molecule has 8 heteroatoms. The molecule has 4 aliphatic rings. The lowest BCUT2D eigenvalue weighted by molar-refractivity contribution is -0.161. The van der Waals surface area contributed by atoms with Gasteiger partial charge in [0.1, 0.15) is 0 Å². The molecular formula is C23H31N7O. The van der Waals surface area contributed by atoms with E-state index in [4.69, 9.17) is 15.6 Å². The molecule has 0 spiro atoms. The van der Waals surface area contributed by atoms with E-state index in [0.29, 0.717) is 6.61 Å². The molecule has 164 valence electrons. The van der Waals surface area contributed by atoms with Gasteiger partial charge in [0.05, 0.1) is 41.7 Å². The van der Waals surface area contributed by atoms with Crippen LogP contribution in [0.25, 0.3) is 11.0 Å². The van der Waals surface area contributed by atoms with Crippen LogP contribution < -0.4 is 10.6 Å². The first-order chi connectivity index (χ1) is 14.8. The first-order valence-corrected chi connectivity index (χ1v) is 11.4. The Balaban J connectivity index is 1.30. The lowest BCUT2D eigenvalue weighted by atomic mass is 9.71. The van der Waals surface area contributed by atoms with Crippen LogP contribution in [0.4, 0.5) is 5.69 Å². The van der Waals surface area contributed by atoms with Gasteiger partial charge in [-0.2, -0.15) is 10.2 Å². The van der Waals surface area contributed by atoms with Gasteiger partial charge in [-0.1, -0.05) is 0 Å². The van der Waals surface area contributed by atoms with Gasteiger partial charge in [-0.15, -0.1) is 0 Å². The average Bonchev–Trinajstić information content (AvgIpc) is 3.28. The maximum Gasteiger partial charge on any atom is 0.159 e. The molecule has 2 bridgehead atoms. The summed E-state index contributed by atoms with van der Waals surface area (Å²) < 4.78 is 10.4. The molecule has 1 saturated carbocycles. The van der Waals surface area contributed by atoms with Crippen molar-refractivity contribution in [3.63, 3.8) is 0 Å². The Hall–Kier alpha value is -2.45. The number of aryl methyl sites for hydroxylation is 3. The van der Waals surface area contributed by atoms with Gasteiger partial charge >= 0.3 is 0 Å². The van der Waals surface area contributed by atoms with E-state index in [2.05, 4.69) is 39.6 Å². The summed E-state index contributed by atoms with van der Waals surface area (Å²) in [5.41, 5.74) is 13.3. The number of fused-ring (bicyclic) bond motifs is 5. The highest BCUT2D eigenvalue weighted by atomic mass is 16.5. The topological polar surface area (TPSA) is 87.0 Å². The highest BCUT2D eigenvalue weighted by Crippen LogP contribution is 2.43. The zero-order valence-electron chi connectivity index (χ0n) is 18.7. The summed E-state index contributed by atoms with van der Waals surface area (Å²) in [4.78, 5) is 7.14. The van der Waals surface area contributed by atoms with Crippen LogP contribution in [0, 0.1) is 13.8 Å². The maximum absolute atomic E-state index is 6.42. The molecule has 3 fully saturated rings. The third kappa shape index (κ3) is 2.99.